The van der Waals surface area contributed by atoms with Gasteiger partial charge < -0.3 is 14.8 Å². The van der Waals surface area contributed by atoms with E-state index in [0.29, 0.717) is 50.2 Å². The second-order valence-corrected chi connectivity index (χ2v) is 9.88. The van der Waals surface area contributed by atoms with Crippen LogP contribution in [0.5, 0.6) is 0 Å². The summed E-state index contributed by atoms with van der Waals surface area (Å²) in [4.78, 5) is 24.2. The minimum atomic E-state index is -3.59. The number of carbonyl (C=O) groups is 1. The molecule has 1 amide bonds. The maximum Gasteiger partial charge on any atom is 0.245 e. The predicted octanol–water partition coefficient (Wildman–Crippen LogP) is 1.85. The van der Waals surface area contributed by atoms with Crippen LogP contribution in [0.15, 0.2) is 53.7 Å². The number of nitrogens with one attached hydrogen (secondary N) is 1. The summed E-state index contributed by atoms with van der Waals surface area (Å²) in [5.41, 5.74) is 2.82. The molecule has 0 saturated carbocycles. The van der Waals surface area contributed by atoms with Gasteiger partial charge in [-0.2, -0.15) is 4.31 Å². The molecule has 5 rings (SSSR count). The highest BCUT2D eigenvalue weighted by Crippen LogP contribution is 2.28. The van der Waals surface area contributed by atoms with E-state index in [1.165, 1.54) is 16.1 Å². The molecule has 2 aromatic heterocycles. The first-order valence-electron chi connectivity index (χ1n) is 10.6. The van der Waals surface area contributed by atoms with Crippen LogP contribution in [0, 0.1) is 0 Å². The van der Waals surface area contributed by atoms with E-state index in [9.17, 15) is 13.2 Å². The van der Waals surface area contributed by atoms with Gasteiger partial charge in [-0.25, -0.2) is 13.4 Å². The number of nitrogens with zero attached hydrogens (tertiary/aromatic N) is 4. The van der Waals surface area contributed by atoms with Crippen molar-refractivity contribution in [1.82, 2.24) is 19.2 Å². The number of hydrogen-bond acceptors (Lipinski definition) is 5. The van der Waals surface area contributed by atoms with Gasteiger partial charge in [-0.3, -0.25) is 4.79 Å². The standard InChI is InChI=1S/C22H25N5O3S/c28-21(27-11-7-17-4-1-2-6-19(17)27)8-10-25-12-14-26(15-13-25)31(29,30)20-16-24-22-18(20)5-3-9-23-22/h1-6,9,16H,7-8,10-15H2,(H,23,24). The number of anilines is 1. The van der Waals surface area contributed by atoms with E-state index in [1.807, 2.05) is 23.1 Å². The maximum absolute atomic E-state index is 13.1. The summed E-state index contributed by atoms with van der Waals surface area (Å²) in [5.74, 6) is 0.131. The molecule has 0 spiro atoms. The molecule has 4 heterocycles. The third-order valence-corrected chi connectivity index (χ3v) is 8.13. The van der Waals surface area contributed by atoms with E-state index in [2.05, 4.69) is 20.9 Å². The number of para-hydroxylation sites is 1. The van der Waals surface area contributed by atoms with E-state index in [-0.39, 0.29) is 10.8 Å². The molecule has 8 nitrogen and oxygen atoms in total. The first-order chi connectivity index (χ1) is 15.0. The van der Waals surface area contributed by atoms with E-state index in [0.717, 1.165) is 18.7 Å². The highest BCUT2D eigenvalue weighted by molar-refractivity contribution is 7.89. The number of fused-ring (bicyclic) bond motifs is 2. The summed E-state index contributed by atoms with van der Waals surface area (Å²) in [6.07, 6.45) is 4.50. The molecule has 1 saturated heterocycles. The average molecular weight is 440 g/mol. The van der Waals surface area contributed by atoms with E-state index in [1.54, 1.807) is 18.3 Å². The zero-order chi connectivity index (χ0) is 21.4. The zero-order valence-electron chi connectivity index (χ0n) is 17.2. The smallest absolute Gasteiger partial charge is 0.245 e. The molecule has 0 radical (unpaired) electrons. The van der Waals surface area contributed by atoms with Gasteiger partial charge in [0.15, 0.2) is 0 Å². The lowest BCUT2D eigenvalue weighted by molar-refractivity contribution is -0.118. The number of carbonyl (C=O) groups excluding carboxylic acids is 1. The summed E-state index contributed by atoms with van der Waals surface area (Å²) < 4.78 is 27.8. The predicted molar refractivity (Wildman–Crippen MR) is 118 cm³/mol. The van der Waals surface area contributed by atoms with Crippen molar-refractivity contribution in [3.8, 4) is 0 Å². The van der Waals surface area contributed by atoms with E-state index in [4.69, 9.17) is 0 Å². The monoisotopic (exact) mass is 439 g/mol. The van der Waals surface area contributed by atoms with Gasteiger partial charge in [0.05, 0.1) is 0 Å². The first kappa shape index (κ1) is 20.2. The first-order valence-corrected chi connectivity index (χ1v) is 12.0. The van der Waals surface area contributed by atoms with Crippen molar-refractivity contribution in [3.63, 3.8) is 0 Å². The number of piperazine rings is 1. The molecule has 2 aliphatic heterocycles. The second-order valence-electron chi connectivity index (χ2n) is 7.97. The molecule has 162 valence electrons. The molecule has 0 atom stereocenters. The van der Waals surface area contributed by atoms with Gasteiger partial charge in [0.2, 0.25) is 15.9 Å². The van der Waals surface area contributed by atoms with Crippen molar-refractivity contribution in [1.29, 1.82) is 0 Å². The van der Waals surface area contributed by atoms with Gasteiger partial charge in [-0.05, 0) is 30.2 Å². The average Bonchev–Trinajstić information content (AvgIpc) is 3.42. The van der Waals surface area contributed by atoms with Gasteiger partial charge in [0.25, 0.3) is 0 Å². The molecular formula is C22H25N5O3S. The Morgan fingerprint density at radius 1 is 1.03 bits per heavy atom. The quantitative estimate of drug-likeness (QED) is 0.655. The fraction of sp³-hybridized carbons (Fsp3) is 0.364. The molecule has 2 aliphatic rings. The number of H-pyrrole nitrogens is 1. The van der Waals surface area contributed by atoms with Crippen LogP contribution in [0.4, 0.5) is 5.69 Å². The number of rotatable bonds is 5. The minimum absolute atomic E-state index is 0.131. The molecule has 0 aliphatic carbocycles. The molecule has 1 fully saturated rings. The largest absolute Gasteiger partial charge is 0.345 e. The van der Waals surface area contributed by atoms with Crippen molar-refractivity contribution in [2.24, 2.45) is 0 Å². The number of pyridine rings is 1. The Hall–Kier alpha value is -2.75. The zero-order valence-corrected chi connectivity index (χ0v) is 18.0. The topological polar surface area (TPSA) is 89.6 Å². The third-order valence-electron chi connectivity index (χ3n) is 6.19. The Morgan fingerprint density at radius 2 is 1.84 bits per heavy atom. The van der Waals surface area contributed by atoms with E-state index < -0.39 is 10.0 Å². The Balaban J connectivity index is 1.18. The number of amides is 1. The lowest BCUT2D eigenvalue weighted by Crippen LogP contribution is -2.49. The van der Waals surface area contributed by atoms with Crippen LogP contribution in [-0.4, -0.2) is 72.8 Å². The summed E-state index contributed by atoms with van der Waals surface area (Å²) in [6, 6.07) is 11.6. The number of benzene rings is 1. The molecule has 1 N–H and O–H groups in total. The molecular weight excluding hydrogens is 414 g/mol. The lowest BCUT2D eigenvalue weighted by atomic mass is 10.2. The fourth-order valence-electron chi connectivity index (χ4n) is 4.46. The third kappa shape index (κ3) is 3.73. The maximum atomic E-state index is 13.1. The van der Waals surface area contributed by atoms with Crippen LogP contribution < -0.4 is 4.90 Å². The number of hydrogen-bond donors (Lipinski definition) is 1. The van der Waals surface area contributed by atoms with Crippen molar-refractivity contribution >= 4 is 32.7 Å². The van der Waals surface area contributed by atoms with Crippen LogP contribution in [-0.2, 0) is 21.2 Å². The number of aromatic amines is 1. The molecule has 9 heteroatoms. The summed E-state index contributed by atoms with van der Waals surface area (Å²) in [7, 11) is -3.59. The van der Waals surface area contributed by atoms with Gasteiger partial charge in [0.1, 0.15) is 10.5 Å². The van der Waals surface area contributed by atoms with Crippen molar-refractivity contribution in [2.75, 3.05) is 44.2 Å². The van der Waals surface area contributed by atoms with Crippen molar-refractivity contribution in [2.45, 2.75) is 17.7 Å². The Morgan fingerprint density at radius 3 is 2.68 bits per heavy atom. The Bertz CT molecular complexity index is 1210. The van der Waals surface area contributed by atoms with Crippen LogP contribution in [0.3, 0.4) is 0 Å². The Labute approximate surface area is 181 Å². The molecule has 3 aromatic rings. The SMILES string of the molecule is O=C(CCN1CCN(S(=O)(=O)c2c[nH]c3ncccc23)CC1)N1CCc2ccccc21. The summed E-state index contributed by atoms with van der Waals surface area (Å²) >= 11 is 0. The van der Waals surface area contributed by atoms with Crippen LogP contribution in [0.2, 0.25) is 0 Å². The van der Waals surface area contributed by atoms with E-state index >= 15 is 0 Å². The number of aromatic nitrogens is 2. The normalized spacial score (nSPS) is 17.9. The summed E-state index contributed by atoms with van der Waals surface area (Å²) in [5, 5.41) is 0.612. The lowest BCUT2D eigenvalue weighted by Gasteiger charge is -2.34. The fourth-order valence-corrected chi connectivity index (χ4v) is 6.04. The van der Waals surface area contributed by atoms with Gasteiger partial charge in [-0.1, -0.05) is 18.2 Å². The van der Waals surface area contributed by atoms with Gasteiger partial charge in [0, 0.05) is 69.2 Å². The Kier molecular flexibility index (Phi) is 5.25. The van der Waals surface area contributed by atoms with Crippen LogP contribution in [0.1, 0.15) is 12.0 Å². The number of sulfonamides is 1. The summed E-state index contributed by atoms with van der Waals surface area (Å²) in [6.45, 7) is 3.44. The molecule has 1 aromatic carbocycles. The van der Waals surface area contributed by atoms with Crippen molar-refractivity contribution < 1.29 is 13.2 Å². The highest BCUT2D eigenvalue weighted by atomic mass is 32.2. The molecule has 0 bridgehead atoms. The van der Waals surface area contributed by atoms with Crippen molar-refractivity contribution in [3.05, 3.63) is 54.4 Å². The minimum Gasteiger partial charge on any atom is -0.345 e. The molecule has 31 heavy (non-hydrogen) atoms. The van der Waals surface area contributed by atoms with Crippen LogP contribution in [0.25, 0.3) is 11.0 Å². The second kappa shape index (κ2) is 8.07. The molecule has 0 unspecified atom stereocenters. The van der Waals surface area contributed by atoms with Gasteiger partial charge in [-0.15, -0.1) is 0 Å². The highest BCUT2D eigenvalue weighted by Gasteiger charge is 2.31. The van der Waals surface area contributed by atoms with Gasteiger partial charge >= 0.3 is 0 Å². The van der Waals surface area contributed by atoms with Crippen LogP contribution >= 0.6 is 0 Å².